The highest BCUT2D eigenvalue weighted by molar-refractivity contribution is 8.18. The third kappa shape index (κ3) is 8.76. The molecule has 5 amide bonds. The lowest BCUT2D eigenvalue weighted by Gasteiger charge is -2.45. The molecule has 12 nitrogen and oxygen atoms in total. The Morgan fingerprint density at radius 2 is 1.50 bits per heavy atom. The lowest BCUT2D eigenvalue weighted by Crippen LogP contribution is -2.65. The number of nitrogens with zero attached hydrogens (tertiary/aromatic N) is 1. The minimum absolute atomic E-state index is 0.0101. The van der Waals surface area contributed by atoms with E-state index in [9.17, 15) is 27.6 Å². The lowest BCUT2D eigenvalue weighted by atomic mass is 9.70. The molecule has 4 N–H and O–H groups in total. The van der Waals surface area contributed by atoms with Crippen molar-refractivity contribution in [2.24, 2.45) is 5.41 Å². The van der Waals surface area contributed by atoms with Crippen molar-refractivity contribution in [1.29, 1.82) is 0 Å². The van der Waals surface area contributed by atoms with E-state index in [4.69, 9.17) is 0 Å². The zero-order valence-electron chi connectivity index (χ0n) is 31.0. The number of ketones is 1. The van der Waals surface area contributed by atoms with Gasteiger partial charge in [0.25, 0.3) is 5.91 Å². The molecule has 3 heterocycles. The molecule has 3 saturated carbocycles. The van der Waals surface area contributed by atoms with Crippen LogP contribution in [0.25, 0.3) is 0 Å². The van der Waals surface area contributed by atoms with Crippen molar-refractivity contribution < 1.29 is 32.4 Å². The standard InChI is InChI=1S/C37H59N5O7S3/c1-3-12-26(29(43)32(45)38-25-14-15-25)39-31(44)27-23-37(50-20-11-21-51-37)24-42(27)33(46)30(35(2)16-6-4-7-17-35)40-34(47)41-36(18-8-5-9-19-36)28-13-10-22-52(28,48)49/h25-28,30H,3-24H2,1-2H3,(H,38,45)(H,39,44)(H2,40,41,47)/t26-,27-,28-,30+/m0/s1. The van der Waals surface area contributed by atoms with Crippen molar-refractivity contribution in [2.75, 3.05) is 23.8 Å². The summed E-state index contributed by atoms with van der Waals surface area (Å²) >= 11 is 3.54. The van der Waals surface area contributed by atoms with E-state index in [1.165, 1.54) is 0 Å². The summed E-state index contributed by atoms with van der Waals surface area (Å²) < 4.78 is 26.1. The molecule has 0 unspecified atom stereocenters. The Hall–Kier alpha value is -2.00. The molecule has 292 valence electrons. The van der Waals surface area contributed by atoms with Crippen LogP contribution in [0.2, 0.25) is 0 Å². The first-order valence-electron chi connectivity index (χ1n) is 19.8. The average molecular weight is 782 g/mol. The minimum atomic E-state index is -3.36. The average Bonchev–Trinajstić information content (AvgIpc) is 3.75. The molecule has 0 radical (unpaired) electrons. The highest BCUT2D eigenvalue weighted by Crippen LogP contribution is 2.51. The van der Waals surface area contributed by atoms with Crippen molar-refractivity contribution in [3.05, 3.63) is 0 Å². The molecule has 6 fully saturated rings. The van der Waals surface area contributed by atoms with Gasteiger partial charge in [-0.3, -0.25) is 19.2 Å². The number of likely N-dealkylation sites (tertiary alicyclic amines) is 1. The van der Waals surface area contributed by atoms with Crippen LogP contribution < -0.4 is 21.3 Å². The molecule has 6 rings (SSSR count). The number of hydrogen-bond donors (Lipinski definition) is 4. The summed E-state index contributed by atoms with van der Waals surface area (Å²) in [5.74, 6) is -0.163. The lowest BCUT2D eigenvalue weighted by molar-refractivity contribution is -0.144. The van der Waals surface area contributed by atoms with Gasteiger partial charge < -0.3 is 26.2 Å². The molecule has 6 aliphatic rings. The van der Waals surface area contributed by atoms with Gasteiger partial charge in [0.2, 0.25) is 17.6 Å². The summed E-state index contributed by atoms with van der Waals surface area (Å²) in [6.07, 6.45) is 13.3. The molecule has 0 aromatic carbocycles. The van der Waals surface area contributed by atoms with Crippen LogP contribution >= 0.6 is 23.5 Å². The number of thioether (sulfide) groups is 2. The fraction of sp³-hybridized carbons (Fsp3) is 0.865. The SMILES string of the molecule is CCC[C@H](NC(=O)[C@@H]1CC2(CN1C(=O)[C@@H](NC(=O)NC1([C@@H]3CCCS3(=O)=O)CCCCC1)C1(C)CCCCC1)SCCCS2)C(=O)C(=O)NC1CC1. The van der Waals surface area contributed by atoms with Crippen molar-refractivity contribution in [3.8, 4) is 0 Å². The molecule has 4 atom stereocenters. The predicted octanol–water partition coefficient (Wildman–Crippen LogP) is 4.20. The van der Waals surface area contributed by atoms with Crippen LogP contribution in [0.3, 0.4) is 0 Å². The second kappa shape index (κ2) is 16.4. The maximum Gasteiger partial charge on any atom is 0.315 e. The van der Waals surface area contributed by atoms with E-state index in [1.54, 1.807) is 28.4 Å². The van der Waals surface area contributed by atoms with E-state index in [1.807, 2.05) is 13.8 Å². The van der Waals surface area contributed by atoms with Gasteiger partial charge in [0, 0.05) is 19.0 Å². The summed E-state index contributed by atoms with van der Waals surface area (Å²) in [7, 11) is -3.36. The number of nitrogens with one attached hydrogen (secondary N) is 4. The molecule has 3 aliphatic carbocycles. The van der Waals surface area contributed by atoms with Crippen LogP contribution in [0, 0.1) is 5.41 Å². The van der Waals surface area contributed by atoms with Gasteiger partial charge in [0.05, 0.1) is 26.7 Å². The third-order valence-corrected chi connectivity index (χ3v) is 18.3. The highest BCUT2D eigenvalue weighted by Gasteiger charge is 2.55. The van der Waals surface area contributed by atoms with Crippen molar-refractivity contribution in [2.45, 2.75) is 168 Å². The number of urea groups is 1. The van der Waals surface area contributed by atoms with Gasteiger partial charge in [-0.1, -0.05) is 58.8 Å². The van der Waals surface area contributed by atoms with Gasteiger partial charge in [0.15, 0.2) is 9.84 Å². The van der Waals surface area contributed by atoms with Crippen LogP contribution in [0.1, 0.15) is 129 Å². The zero-order chi connectivity index (χ0) is 37.1. The normalized spacial score (nSPS) is 28.7. The van der Waals surface area contributed by atoms with E-state index in [-0.39, 0.29) is 17.7 Å². The largest absolute Gasteiger partial charge is 0.347 e. The van der Waals surface area contributed by atoms with Gasteiger partial charge in [0.1, 0.15) is 12.1 Å². The molecular weight excluding hydrogens is 723 g/mol. The van der Waals surface area contributed by atoms with E-state index < -0.39 is 71.9 Å². The van der Waals surface area contributed by atoms with Gasteiger partial charge in [-0.2, -0.15) is 0 Å². The van der Waals surface area contributed by atoms with Crippen LogP contribution in [0.15, 0.2) is 0 Å². The second-order valence-electron chi connectivity index (χ2n) is 16.6. The smallest absolute Gasteiger partial charge is 0.315 e. The van der Waals surface area contributed by atoms with Crippen molar-refractivity contribution in [1.82, 2.24) is 26.2 Å². The number of sulfone groups is 1. The van der Waals surface area contributed by atoms with Crippen molar-refractivity contribution in [3.63, 3.8) is 0 Å². The molecule has 0 bridgehead atoms. The number of carbonyl (C=O) groups excluding carboxylic acids is 5. The maximum absolute atomic E-state index is 15.1. The quantitative estimate of drug-likeness (QED) is 0.212. The van der Waals surface area contributed by atoms with Gasteiger partial charge in [-0.05, 0) is 81.1 Å². The van der Waals surface area contributed by atoms with E-state index >= 15 is 4.79 Å². The minimum Gasteiger partial charge on any atom is -0.347 e. The van der Waals surface area contributed by atoms with Gasteiger partial charge in [-0.15, -0.1) is 23.5 Å². The van der Waals surface area contributed by atoms with Crippen molar-refractivity contribution >= 4 is 62.9 Å². The van der Waals surface area contributed by atoms with Gasteiger partial charge in [-0.25, -0.2) is 13.2 Å². The number of rotatable bonds is 12. The summed E-state index contributed by atoms with van der Waals surface area (Å²) in [6.45, 7) is 4.27. The summed E-state index contributed by atoms with van der Waals surface area (Å²) in [6, 6.07) is -3.32. The first-order chi connectivity index (χ1) is 24.8. The predicted molar refractivity (Wildman–Crippen MR) is 205 cm³/mol. The third-order valence-electron chi connectivity index (χ3n) is 12.5. The van der Waals surface area contributed by atoms with E-state index in [0.717, 1.165) is 82.1 Å². The Bertz CT molecular complexity index is 1470. The maximum atomic E-state index is 15.1. The molecule has 0 aromatic heterocycles. The zero-order valence-corrected chi connectivity index (χ0v) is 33.4. The molecule has 3 aliphatic heterocycles. The molecule has 1 spiro atoms. The highest BCUT2D eigenvalue weighted by atomic mass is 32.2. The Balaban J connectivity index is 1.26. The summed E-state index contributed by atoms with van der Waals surface area (Å²) in [5.41, 5.74) is -1.45. The molecule has 52 heavy (non-hydrogen) atoms. The number of carbonyl (C=O) groups is 5. The Morgan fingerprint density at radius 3 is 2.10 bits per heavy atom. The van der Waals surface area contributed by atoms with E-state index in [0.29, 0.717) is 51.5 Å². The summed E-state index contributed by atoms with van der Waals surface area (Å²) in [5, 5.41) is 11.3. The first-order valence-corrected chi connectivity index (χ1v) is 23.5. The molecule has 15 heteroatoms. The monoisotopic (exact) mass is 781 g/mol. The molecule has 0 aromatic rings. The Kier molecular flexibility index (Phi) is 12.5. The Morgan fingerprint density at radius 1 is 0.846 bits per heavy atom. The fourth-order valence-corrected chi connectivity index (χ4v) is 15.2. The molecular formula is C37H59N5O7S3. The summed E-state index contributed by atoms with van der Waals surface area (Å²) in [4.78, 5) is 71.2. The fourth-order valence-electron chi connectivity index (χ4n) is 9.46. The van der Waals surface area contributed by atoms with Crippen LogP contribution in [-0.2, 0) is 29.0 Å². The van der Waals surface area contributed by atoms with Crippen LogP contribution in [-0.4, -0.2) is 106 Å². The molecule has 3 saturated heterocycles. The number of Topliss-reactive ketones (excluding diaryl/α,β-unsaturated/α-hetero) is 1. The second-order valence-corrected chi connectivity index (χ2v) is 22.1. The number of hydrogen-bond acceptors (Lipinski definition) is 9. The topological polar surface area (TPSA) is 171 Å². The van der Waals surface area contributed by atoms with E-state index in [2.05, 4.69) is 21.3 Å². The number of amides is 5. The van der Waals surface area contributed by atoms with Crippen LogP contribution in [0.5, 0.6) is 0 Å². The van der Waals surface area contributed by atoms with Gasteiger partial charge >= 0.3 is 6.03 Å². The van der Waals surface area contributed by atoms with Crippen LogP contribution in [0.4, 0.5) is 4.79 Å². The Labute approximate surface area is 317 Å². The first kappa shape index (κ1) is 39.7.